The van der Waals surface area contributed by atoms with Crippen LogP contribution in [0.15, 0.2) is 37.3 Å². The lowest BCUT2D eigenvalue weighted by Gasteiger charge is -2.10. The van der Waals surface area contributed by atoms with Gasteiger partial charge in [-0.15, -0.1) is 3.25 Å². The zero-order chi connectivity index (χ0) is 13.0. The van der Waals surface area contributed by atoms with Crippen molar-refractivity contribution in [1.82, 2.24) is 0 Å². The highest BCUT2D eigenvalue weighted by Gasteiger charge is 2.10. The maximum atomic E-state index is 12.7. The molecular formula is C13H16FIN2O. The van der Waals surface area contributed by atoms with Crippen molar-refractivity contribution in [2.24, 2.45) is 3.25 Å². The molecular weight excluding hydrogens is 346 g/mol. The maximum absolute atomic E-state index is 12.7. The molecule has 18 heavy (non-hydrogen) atoms. The molecule has 0 unspecified atom stereocenters. The number of phenols is 1. The van der Waals surface area contributed by atoms with Gasteiger partial charge in [-0.25, -0.2) is 9.40 Å². The van der Waals surface area contributed by atoms with Crippen LogP contribution in [0.25, 0.3) is 0 Å². The Kier molecular flexibility index (Phi) is 4.68. The van der Waals surface area contributed by atoms with Crippen LogP contribution in [-0.2, 0) is 0 Å². The second-order valence-electron chi connectivity index (χ2n) is 4.27. The number of rotatable bonds is 5. The van der Waals surface area contributed by atoms with E-state index in [9.17, 15) is 9.50 Å². The van der Waals surface area contributed by atoms with Crippen molar-refractivity contribution in [3.8, 4) is 5.75 Å². The Morgan fingerprint density at radius 3 is 2.78 bits per heavy atom. The fourth-order valence-corrected chi connectivity index (χ4v) is 3.54. The van der Waals surface area contributed by atoms with Gasteiger partial charge in [-0.05, 0) is 50.5 Å². The Balaban J connectivity index is 1.92. The Labute approximate surface area is 116 Å². The van der Waals surface area contributed by atoms with Crippen LogP contribution in [0.2, 0.25) is 0 Å². The Morgan fingerprint density at radius 2 is 2.11 bits per heavy atom. The largest absolute Gasteiger partial charge is 0.508 e. The minimum atomic E-state index is -0.713. The van der Waals surface area contributed by atoms with Crippen LogP contribution in [0, 0.1) is 0 Å². The smallest absolute Gasteiger partial charge is 0.115 e. The Bertz CT molecular complexity index is 457. The van der Waals surface area contributed by atoms with Crippen LogP contribution < -0.4 is 5.01 Å². The zero-order valence-corrected chi connectivity index (χ0v) is 12.3. The average molecular weight is 362 g/mol. The van der Waals surface area contributed by atoms with Crippen molar-refractivity contribution in [2.45, 2.75) is 32.4 Å². The molecule has 5 heteroatoms. The molecule has 2 rings (SSSR count). The summed E-state index contributed by atoms with van der Waals surface area (Å²) >= 11 is -0.303. The highest BCUT2D eigenvalue weighted by Crippen LogP contribution is 2.33. The van der Waals surface area contributed by atoms with E-state index in [1.54, 1.807) is 19.1 Å². The second kappa shape index (κ2) is 6.26. The predicted molar refractivity (Wildman–Crippen MR) is 79.5 cm³/mol. The third-order valence-corrected chi connectivity index (χ3v) is 4.74. The fourth-order valence-electron chi connectivity index (χ4n) is 1.65. The van der Waals surface area contributed by atoms with Crippen LogP contribution in [0.1, 0.15) is 26.2 Å². The number of nitrogens with zero attached hydrogens (tertiary/aromatic N) is 2. The molecule has 1 aromatic carbocycles. The first-order valence-corrected chi connectivity index (χ1v) is 7.97. The summed E-state index contributed by atoms with van der Waals surface area (Å²) in [5.41, 5.74) is 0.960. The summed E-state index contributed by atoms with van der Waals surface area (Å²) in [6.45, 7) is 1.60. The van der Waals surface area contributed by atoms with Gasteiger partial charge >= 0.3 is 0 Å². The summed E-state index contributed by atoms with van der Waals surface area (Å²) in [6.07, 6.45) is 3.79. The predicted octanol–water partition coefficient (Wildman–Crippen LogP) is 4.65. The van der Waals surface area contributed by atoms with E-state index >= 15 is 0 Å². The highest BCUT2D eigenvalue weighted by atomic mass is 127. The molecule has 1 aromatic rings. The number of anilines is 1. The van der Waals surface area contributed by atoms with Crippen LogP contribution in [0.3, 0.4) is 0 Å². The molecule has 1 N–H and O–H groups in total. The molecule has 0 amide bonds. The van der Waals surface area contributed by atoms with Crippen molar-refractivity contribution < 1.29 is 9.50 Å². The lowest BCUT2D eigenvalue weighted by atomic mass is 10.2. The van der Waals surface area contributed by atoms with E-state index < -0.39 is 6.17 Å². The molecule has 1 aliphatic heterocycles. The second-order valence-corrected chi connectivity index (χ2v) is 6.57. The number of phenolic OH excluding ortho intramolecular Hbond substituents is 1. The van der Waals surface area contributed by atoms with Gasteiger partial charge in [0.15, 0.2) is 0 Å². The van der Waals surface area contributed by atoms with Gasteiger partial charge in [0.05, 0.1) is 32.9 Å². The summed E-state index contributed by atoms with van der Waals surface area (Å²) in [4.78, 5) is 0. The van der Waals surface area contributed by atoms with E-state index in [0.29, 0.717) is 6.42 Å². The number of hydrogen-bond acceptors (Lipinski definition) is 3. The summed E-state index contributed by atoms with van der Waals surface area (Å²) in [5.74, 6) is 0.258. The van der Waals surface area contributed by atoms with Crippen molar-refractivity contribution in [1.29, 1.82) is 0 Å². The lowest BCUT2D eigenvalue weighted by molar-refractivity contribution is 0.335. The number of hydrogen-bond donors (Lipinski definition) is 1. The Morgan fingerprint density at radius 1 is 1.39 bits per heavy atom. The van der Waals surface area contributed by atoms with E-state index in [4.69, 9.17) is 0 Å². The minimum absolute atomic E-state index is 0.258. The molecule has 0 bridgehead atoms. The molecule has 0 radical (unpaired) electrons. The van der Waals surface area contributed by atoms with Crippen LogP contribution in [-0.4, -0.2) is 11.3 Å². The lowest BCUT2D eigenvalue weighted by Crippen LogP contribution is -2.02. The molecule has 0 spiro atoms. The summed E-state index contributed by atoms with van der Waals surface area (Å²) in [5, 5.41) is 11.1. The van der Waals surface area contributed by atoms with Crippen LogP contribution >= 0.6 is 21.0 Å². The molecule has 98 valence electrons. The number of benzene rings is 1. The number of halogens is 2. The first kappa shape index (κ1) is 13.5. The van der Waals surface area contributed by atoms with Crippen molar-refractivity contribution in [2.75, 3.05) is 5.01 Å². The topological polar surface area (TPSA) is 35.8 Å². The third-order valence-electron chi connectivity index (χ3n) is 2.62. The van der Waals surface area contributed by atoms with Crippen LogP contribution in [0.5, 0.6) is 5.75 Å². The van der Waals surface area contributed by atoms with E-state index in [-0.39, 0.29) is 26.8 Å². The molecule has 1 heterocycles. The monoisotopic (exact) mass is 362 g/mol. The molecule has 0 aliphatic carbocycles. The molecule has 0 saturated heterocycles. The number of allylic oxidation sites excluding steroid dienone is 1. The van der Waals surface area contributed by atoms with Gasteiger partial charge in [-0.1, -0.05) is 0 Å². The van der Waals surface area contributed by atoms with E-state index in [2.05, 4.69) is 3.25 Å². The number of alkyl halides is 1. The summed E-state index contributed by atoms with van der Waals surface area (Å²) in [7, 11) is 0. The van der Waals surface area contributed by atoms with Crippen molar-refractivity contribution in [3.63, 3.8) is 0 Å². The zero-order valence-electron chi connectivity index (χ0n) is 10.2. The third kappa shape index (κ3) is 3.76. The van der Waals surface area contributed by atoms with E-state index in [1.807, 2.05) is 23.3 Å². The minimum Gasteiger partial charge on any atom is -0.508 e. The van der Waals surface area contributed by atoms with Gasteiger partial charge in [-0.3, -0.25) is 0 Å². The normalized spacial score (nSPS) is 16.3. The van der Waals surface area contributed by atoms with Gasteiger partial charge in [0.2, 0.25) is 0 Å². The van der Waals surface area contributed by atoms with Gasteiger partial charge in [-0.2, -0.15) is 0 Å². The van der Waals surface area contributed by atoms with Crippen LogP contribution in [0.4, 0.5) is 10.1 Å². The quantitative estimate of drug-likeness (QED) is 0.774. The molecule has 3 nitrogen and oxygen atoms in total. The fraction of sp³-hybridized carbons (Fsp3) is 0.385. The molecule has 0 fully saturated rings. The standard InChI is InChI=1S/C13H16FIN2O/c1-10(14)3-2-4-11-9-17(16-15-11)12-5-7-13(18)8-6-12/h5-10,18H,2-4H2,1H3/t10-/m0/s1. The van der Waals surface area contributed by atoms with Gasteiger partial charge in [0.25, 0.3) is 0 Å². The van der Waals surface area contributed by atoms with Gasteiger partial charge in [0.1, 0.15) is 5.75 Å². The maximum Gasteiger partial charge on any atom is 0.115 e. The molecule has 0 aromatic heterocycles. The van der Waals surface area contributed by atoms with E-state index in [0.717, 1.165) is 18.5 Å². The van der Waals surface area contributed by atoms with Gasteiger partial charge < -0.3 is 5.11 Å². The van der Waals surface area contributed by atoms with E-state index in [1.165, 1.54) is 3.58 Å². The summed E-state index contributed by atoms with van der Waals surface area (Å²) < 4.78 is 18.5. The Hall–Kier alpha value is -0.980. The van der Waals surface area contributed by atoms with Gasteiger partial charge in [0, 0.05) is 9.78 Å². The first-order chi connectivity index (χ1) is 8.65. The summed E-state index contributed by atoms with van der Waals surface area (Å²) in [6, 6.07) is 6.98. The van der Waals surface area contributed by atoms with Crippen molar-refractivity contribution in [3.05, 3.63) is 34.0 Å². The highest BCUT2D eigenvalue weighted by molar-refractivity contribution is 14.2. The molecule has 0 saturated carbocycles. The SMILES string of the molecule is C[C@H](F)CCCC1=CN(c2ccc(O)cc2)N=I1. The van der Waals surface area contributed by atoms with Crippen molar-refractivity contribution >= 4 is 26.7 Å². The first-order valence-electron chi connectivity index (χ1n) is 5.93. The molecule has 1 atom stereocenters. The average Bonchev–Trinajstić information content (AvgIpc) is 2.78. The number of aromatic hydroxyl groups is 1. The molecule has 1 aliphatic rings.